The minimum Gasteiger partial charge on any atom is -0.478 e. The lowest BCUT2D eigenvalue weighted by molar-refractivity contribution is -0.144. The lowest BCUT2D eigenvalue weighted by Crippen LogP contribution is -2.16. The molecule has 1 aromatic rings. The number of sulfone groups is 1. The topological polar surface area (TPSA) is 80.7 Å². The first-order valence-electron chi connectivity index (χ1n) is 5.82. The minimum atomic E-state index is -4.34. The van der Waals surface area contributed by atoms with E-state index in [1.165, 1.54) is 0 Å². The quantitative estimate of drug-likeness (QED) is 0.776. The van der Waals surface area contributed by atoms with E-state index in [1.807, 2.05) is 0 Å². The molecule has 0 aliphatic heterocycles. The highest BCUT2D eigenvalue weighted by Gasteiger charge is 2.26. The Morgan fingerprint density at radius 3 is 2.19 bits per heavy atom. The highest BCUT2D eigenvalue weighted by molar-refractivity contribution is 7.91. The normalized spacial score (nSPS) is 12.3. The molecule has 0 radical (unpaired) electrons. The van der Waals surface area contributed by atoms with Gasteiger partial charge >= 0.3 is 12.1 Å². The lowest BCUT2D eigenvalue weighted by Gasteiger charge is -2.08. The van der Waals surface area contributed by atoms with E-state index in [0.717, 1.165) is 24.3 Å². The van der Waals surface area contributed by atoms with Gasteiger partial charge in [0.15, 0.2) is 9.84 Å². The van der Waals surface area contributed by atoms with Crippen LogP contribution in [-0.4, -0.2) is 44.6 Å². The third-order valence-electron chi connectivity index (χ3n) is 2.49. The molecule has 1 N–H and O–H groups in total. The fraction of sp³-hybridized carbons (Fsp3) is 0.417. The van der Waals surface area contributed by atoms with Crippen molar-refractivity contribution in [3.05, 3.63) is 29.8 Å². The zero-order valence-corrected chi connectivity index (χ0v) is 11.6. The second-order valence-electron chi connectivity index (χ2n) is 4.13. The van der Waals surface area contributed by atoms with Crippen molar-refractivity contribution in [2.45, 2.75) is 17.5 Å². The number of carboxylic acids is 1. The third kappa shape index (κ3) is 6.13. The summed E-state index contributed by atoms with van der Waals surface area (Å²) in [5.41, 5.74) is -0.0598. The molecule has 0 aromatic heterocycles. The number of aromatic carboxylic acids is 1. The van der Waals surface area contributed by atoms with Gasteiger partial charge in [-0.1, -0.05) is 0 Å². The minimum absolute atomic E-state index is 0.0598. The monoisotopic (exact) mass is 326 g/mol. The maximum Gasteiger partial charge on any atom is 0.391 e. The molecule has 9 heteroatoms. The molecule has 0 fully saturated rings. The van der Waals surface area contributed by atoms with Crippen molar-refractivity contribution < 1.29 is 36.2 Å². The Balaban J connectivity index is 2.52. The van der Waals surface area contributed by atoms with Gasteiger partial charge in [0.25, 0.3) is 0 Å². The van der Waals surface area contributed by atoms with E-state index in [2.05, 4.69) is 4.74 Å². The molecule has 0 unspecified atom stereocenters. The van der Waals surface area contributed by atoms with Crippen molar-refractivity contribution in [1.29, 1.82) is 0 Å². The molecule has 0 spiro atoms. The van der Waals surface area contributed by atoms with Crippen LogP contribution < -0.4 is 0 Å². The van der Waals surface area contributed by atoms with Crippen LogP contribution in [-0.2, 0) is 14.6 Å². The van der Waals surface area contributed by atoms with Crippen LogP contribution in [0.5, 0.6) is 0 Å². The van der Waals surface area contributed by atoms with Crippen LogP contribution in [0.2, 0.25) is 0 Å². The molecule has 0 heterocycles. The second kappa shape index (κ2) is 6.90. The highest BCUT2D eigenvalue weighted by Crippen LogP contribution is 2.19. The Labute approximate surface area is 119 Å². The number of carboxylic acid groups (broad SMARTS) is 1. The van der Waals surface area contributed by atoms with Crippen molar-refractivity contribution in [3.8, 4) is 0 Å². The number of carbonyl (C=O) groups is 1. The average molecular weight is 326 g/mol. The van der Waals surface area contributed by atoms with Crippen LogP contribution >= 0.6 is 0 Å². The summed E-state index contributed by atoms with van der Waals surface area (Å²) in [7, 11) is -3.72. The molecular formula is C12H13F3O5S. The zero-order chi connectivity index (χ0) is 16.1. The first-order valence-corrected chi connectivity index (χ1v) is 7.48. The zero-order valence-electron chi connectivity index (χ0n) is 10.8. The number of benzene rings is 1. The van der Waals surface area contributed by atoms with E-state index in [0.29, 0.717) is 0 Å². The van der Waals surface area contributed by atoms with Crippen LogP contribution in [0.3, 0.4) is 0 Å². The Kier molecular flexibility index (Phi) is 5.73. The largest absolute Gasteiger partial charge is 0.478 e. The number of hydrogen-bond donors (Lipinski definition) is 1. The van der Waals surface area contributed by atoms with Crippen LogP contribution in [0, 0.1) is 0 Å². The summed E-state index contributed by atoms with van der Waals surface area (Å²) in [5, 5.41) is 8.68. The van der Waals surface area contributed by atoms with Crippen molar-refractivity contribution in [1.82, 2.24) is 0 Å². The molecule has 0 saturated carbocycles. The molecule has 118 valence electrons. The van der Waals surface area contributed by atoms with E-state index in [1.54, 1.807) is 0 Å². The van der Waals surface area contributed by atoms with Gasteiger partial charge in [-0.05, 0) is 24.3 Å². The van der Waals surface area contributed by atoms with Gasteiger partial charge < -0.3 is 9.84 Å². The number of hydrogen-bond acceptors (Lipinski definition) is 4. The first-order chi connectivity index (χ1) is 9.62. The molecule has 0 amide bonds. The summed E-state index contributed by atoms with van der Waals surface area (Å²) >= 11 is 0. The van der Waals surface area contributed by atoms with Gasteiger partial charge in [0.05, 0.1) is 35.8 Å². The van der Waals surface area contributed by atoms with Crippen LogP contribution in [0.4, 0.5) is 13.2 Å². The van der Waals surface area contributed by atoms with Gasteiger partial charge in [0.1, 0.15) is 0 Å². The predicted molar refractivity (Wildman–Crippen MR) is 66.9 cm³/mol. The molecular weight excluding hydrogens is 313 g/mol. The molecule has 0 bridgehead atoms. The van der Waals surface area contributed by atoms with Gasteiger partial charge in [0, 0.05) is 0 Å². The standard InChI is InChI=1S/C12H13F3O5S/c13-12(14,15)5-6-20-7-8-21(18,19)10-3-1-9(2-4-10)11(16)17/h1-4H,5-8H2,(H,16,17). The smallest absolute Gasteiger partial charge is 0.391 e. The molecule has 0 aliphatic rings. The summed E-state index contributed by atoms with van der Waals surface area (Å²) in [6.07, 6.45) is -5.48. The maximum atomic E-state index is 11.8. The number of alkyl halides is 3. The molecule has 21 heavy (non-hydrogen) atoms. The van der Waals surface area contributed by atoms with Crippen molar-refractivity contribution >= 4 is 15.8 Å². The third-order valence-corrected chi connectivity index (χ3v) is 4.18. The van der Waals surface area contributed by atoms with Crippen molar-refractivity contribution in [2.24, 2.45) is 0 Å². The predicted octanol–water partition coefficient (Wildman–Crippen LogP) is 2.13. The summed E-state index contributed by atoms with van der Waals surface area (Å²) in [4.78, 5) is 10.5. The average Bonchev–Trinajstić information content (AvgIpc) is 2.37. The van der Waals surface area contributed by atoms with Crippen LogP contribution in [0.15, 0.2) is 29.2 Å². The fourth-order valence-electron chi connectivity index (χ4n) is 1.38. The van der Waals surface area contributed by atoms with Gasteiger partial charge in [-0.15, -0.1) is 0 Å². The van der Waals surface area contributed by atoms with Gasteiger partial charge in [-0.3, -0.25) is 0 Å². The summed E-state index contributed by atoms with van der Waals surface area (Å²) in [5.74, 6) is -1.66. The number of rotatable bonds is 7. The van der Waals surface area contributed by atoms with Gasteiger partial charge in [0.2, 0.25) is 0 Å². The van der Waals surface area contributed by atoms with Crippen molar-refractivity contribution in [3.63, 3.8) is 0 Å². The van der Waals surface area contributed by atoms with Crippen LogP contribution in [0.25, 0.3) is 0 Å². The van der Waals surface area contributed by atoms with E-state index >= 15 is 0 Å². The molecule has 1 rings (SSSR count). The maximum absolute atomic E-state index is 11.8. The Hall–Kier alpha value is -1.61. The molecule has 1 aromatic carbocycles. The summed E-state index contributed by atoms with van der Waals surface area (Å²) in [6, 6.07) is 4.54. The Bertz CT molecular complexity index is 578. The number of ether oxygens (including phenoxy) is 1. The molecule has 0 saturated heterocycles. The SMILES string of the molecule is O=C(O)c1ccc(S(=O)(=O)CCOCCC(F)(F)F)cc1. The fourth-order valence-corrected chi connectivity index (χ4v) is 2.51. The number of halogens is 3. The van der Waals surface area contributed by atoms with Gasteiger partial charge in [-0.25, -0.2) is 13.2 Å². The molecule has 0 atom stereocenters. The Morgan fingerprint density at radius 2 is 1.71 bits per heavy atom. The van der Waals surface area contributed by atoms with Crippen LogP contribution in [0.1, 0.15) is 16.8 Å². The summed E-state index contributed by atoms with van der Waals surface area (Å²) in [6.45, 7) is -0.962. The molecule has 5 nitrogen and oxygen atoms in total. The second-order valence-corrected chi connectivity index (χ2v) is 6.24. The first kappa shape index (κ1) is 17.4. The van der Waals surface area contributed by atoms with Gasteiger partial charge in [-0.2, -0.15) is 13.2 Å². The molecule has 0 aliphatic carbocycles. The highest BCUT2D eigenvalue weighted by atomic mass is 32.2. The van der Waals surface area contributed by atoms with E-state index in [4.69, 9.17) is 5.11 Å². The van der Waals surface area contributed by atoms with Crippen molar-refractivity contribution in [2.75, 3.05) is 19.0 Å². The van der Waals surface area contributed by atoms with E-state index < -0.39 is 40.8 Å². The lowest BCUT2D eigenvalue weighted by atomic mass is 10.2. The Morgan fingerprint density at radius 1 is 1.14 bits per heavy atom. The summed E-state index contributed by atoms with van der Waals surface area (Å²) < 4.78 is 63.8. The van der Waals surface area contributed by atoms with E-state index in [-0.39, 0.29) is 17.1 Å². The van der Waals surface area contributed by atoms with E-state index in [9.17, 15) is 26.4 Å².